The monoisotopic (exact) mass is 462 g/mol. The molecule has 2 heterocycles. The van der Waals surface area contributed by atoms with Crippen LogP contribution in [0.5, 0.6) is 5.75 Å². The lowest BCUT2D eigenvalue weighted by Crippen LogP contribution is -2.33. The standard InChI is InChI=1S/C22H14Cl4N2O/c23-14-9-15-20-11-19(12-4-2-1-3-5-12)27-28(20)22(29-21(15)18(26)10-14)13-6-7-16(24)17(25)8-13/h1-10,20,22H,11H2. The van der Waals surface area contributed by atoms with Crippen molar-refractivity contribution in [2.24, 2.45) is 5.10 Å². The van der Waals surface area contributed by atoms with Crippen molar-refractivity contribution < 1.29 is 4.74 Å². The smallest absolute Gasteiger partial charge is 0.214 e. The Morgan fingerprint density at radius 1 is 0.862 bits per heavy atom. The number of nitrogens with zero attached hydrogens (tertiary/aromatic N) is 2. The molecule has 0 saturated carbocycles. The fourth-order valence-electron chi connectivity index (χ4n) is 3.81. The van der Waals surface area contributed by atoms with E-state index in [1.807, 2.05) is 35.3 Å². The molecule has 146 valence electrons. The summed E-state index contributed by atoms with van der Waals surface area (Å²) in [7, 11) is 0. The molecule has 0 saturated heterocycles. The van der Waals surface area contributed by atoms with Crippen molar-refractivity contribution in [2.75, 3.05) is 0 Å². The molecular weight excluding hydrogens is 450 g/mol. The van der Waals surface area contributed by atoms with Gasteiger partial charge in [-0.25, -0.2) is 5.01 Å². The van der Waals surface area contributed by atoms with E-state index in [-0.39, 0.29) is 6.04 Å². The van der Waals surface area contributed by atoms with Gasteiger partial charge in [0.1, 0.15) is 5.75 Å². The summed E-state index contributed by atoms with van der Waals surface area (Å²) in [6, 6.07) is 19.1. The molecule has 3 aromatic rings. The molecule has 5 rings (SSSR count). The maximum Gasteiger partial charge on any atom is 0.214 e. The molecule has 0 aliphatic carbocycles. The Kier molecular flexibility index (Phi) is 4.87. The first-order valence-corrected chi connectivity index (χ1v) is 10.5. The van der Waals surface area contributed by atoms with Crippen molar-refractivity contribution in [3.05, 3.63) is 97.4 Å². The minimum Gasteiger partial charge on any atom is -0.463 e. The van der Waals surface area contributed by atoms with E-state index in [4.69, 9.17) is 56.2 Å². The number of ether oxygens (including phenoxy) is 1. The van der Waals surface area contributed by atoms with Crippen molar-refractivity contribution in [3.63, 3.8) is 0 Å². The zero-order valence-corrected chi connectivity index (χ0v) is 18.0. The first-order valence-electron chi connectivity index (χ1n) is 9.03. The van der Waals surface area contributed by atoms with Gasteiger partial charge in [-0.2, -0.15) is 5.10 Å². The summed E-state index contributed by atoms with van der Waals surface area (Å²) in [5.74, 6) is 0.623. The van der Waals surface area contributed by atoms with Gasteiger partial charge in [0.2, 0.25) is 6.23 Å². The molecule has 0 N–H and O–H groups in total. The molecule has 0 radical (unpaired) electrons. The highest BCUT2D eigenvalue weighted by atomic mass is 35.5. The molecule has 2 aliphatic rings. The number of fused-ring (bicyclic) bond motifs is 3. The van der Waals surface area contributed by atoms with Gasteiger partial charge in [-0.15, -0.1) is 0 Å². The molecule has 0 fully saturated rings. The molecular formula is C22H14Cl4N2O. The zero-order valence-electron chi connectivity index (χ0n) is 14.9. The first-order chi connectivity index (χ1) is 14.0. The van der Waals surface area contributed by atoms with Crippen LogP contribution in [-0.2, 0) is 0 Å². The van der Waals surface area contributed by atoms with Gasteiger partial charge in [-0.3, -0.25) is 0 Å². The van der Waals surface area contributed by atoms with Crippen LogP contribution in [0.15, 0.2) is 65.8 Å². The van der Waals surface area contributed by atoms with E-state index in [1.165, 1.54) is 0 Å². The molecule has 2 unspecified atom stereocenters. The normalized spacial score (nSPS) is 20.0. The second kappa shape index (κ2) is 7.41. The second-order valence-corrected chi connectivity index (χ2v) is 8.62. The topological polar surface area (TPSA) is 24.8 Å². The number of hydrogen-bond donors (Lipinski definition) is 0. The lowest BCUT2D eigenvalue weighted by atomic mass is 9.96. The maximum atomic E-state index is 6.49. The zero-order chi connectivity index (χ0) is 20.1. The molecule has 2 atom stereocenters. The van der Waals surface area contributed by atoms with E-state index in [1.54, 1.807) is 18.2 Å². The van der Waals surface area contributed by atoms with E-state index >= 15 is 0 Å². The predicted octanol–water partition coefficient (Wildman–Crippen LogP) is 7.54. The van der Waals surface area contributed by atoms with Crippen LogP contribution in [0.2, 0.25) is 20.1 Å². The summed E-state index contributed by atoms with van der Waals surface area (Å²) >= 11 is 25.2. The summed E-state index contributed by atoms with van der Waals surface area (Å²) in [6.45, 7) is 0. The van der Waals surface area contributed by atoms with Gasteiger partial charge in [0.15, 0.2) is 0 Å². The maximum absolute atomic E-state index is 6.49. The van der Waals surface area contributed by atoms with Gasteiger partial charge >= 0.3 is 0 Å². The van der Waals surface area contributed by atoms with Gasteiger partial charge < -0.3 is 4.74 Å². The Balaban J connectivity index is 1.65. The summed E-state index contributed by atoms with van der Waals surface area (Å²) in [6.07, 6.45) is 0.233. The highest BCUT2D eigenvalue weighted by Gasteiger charge is 2.42. The largest absolute Gasteiger partial charge is 0.463 e. The van der Waals surface area contributed by atoms with Crippen LogP contribution in [-0.4, -0.2) is 10.7 Å². The molecule has 0 bridgehead atoms. The molecule has 3 aromatic carbocycles. The number of hydrazone groups is 1. The van der Waals surface area contributed by atoms with Crippen molar-refractivity contribution in [1.82, 2.24) is 5.01 Å². The average molecular weight is 464 g/mol. The molecule has 29 heavy (non-hydrogen) atoms. The van der Waals surface area contributed by atoms with E-state index in [0.717, 1.165) is 28.8 Å². The van der Waals surface area contributed by atoms with Crippen molar-refractivity contribution >= 4 is 52.1 Å². The predicted molar refractivity (Wildman–Crippen MR) is 118 cm³/mol. The molecule has 0 spiro atoms. The van der Waals surface area contributed by atoms with Gasteiger partial charge in [0.25, 0.3) is 0 Å². The van der Waals surface area contributed by atoms with Crippen LogP contribution in [0, 0.1) is 0 Å². The Morgan fingerprint density at radius 3 is 2.41 bits per heavy atom. The van der Waals surface area contributed by atoms with Crippen LogP contribution in [0.1, 0.15) is 35.4 Å². The van der Waals surface area contributed by atoms with Crippen LogP contribution < -0.4 is 4.74 Å². The van der Waals surface area contributed by atoms with Gasteiger partial charge in [0, 0.05) is 22.6 Å². The second-order valence-electron chi connectivity index (χ2n) is 6.96. The van der Waals surface area contributed by atoms with Crippen LogP contribution in [0.3, 0.4) is 0 Å². The molecule has 7 heteroatoms. The Labute approximate surface area is 188 Å². The first kappa shape index (κ1) is 19.1. The lowest BCUT2D eigenvalue weighted by molar-refractivity contribution is -0.0189. The van der Waals surface area contributed by atoms with Gasteiger partial charge in [0.05, 0.1) is 26.8 Å². The Morgan fingerprint density at radius 2 is 1.66 bits per heavy atom. The molecule has 0 aromatic heterocycles. The quantitative estimate of drug-likeness (QED) is 0.392. The average Bonchev–Trinajstić information content (AvgIpc) is 3.16. The van der Waals surface area contributed by atoms with E-state index in [9.17, 15) is 0 Å². The Hall–Kier alpha value is -1.91. The van der Waals surface area contributed by atoms with Gasteiger partial charge in [-0.1, -0.05) is 82.8 Å². The number of hydrogen-bond acceptors (Lipinski definition) is 3. The van der Waals surface area contributed by atoms with E-state index in [2.05, 4.69) is 12.1 Å². The number of halogens is 4. The van der Waals surface area contributed by atoms with Crippen LogP contribution in [0.25, 0.3) is 0 Å². The van der Waals surface area contributed by atoms with E-state index < -0.39 is 6.23 Å². The van der Waals surface area contributed by atoms with Crippen LogP contribution >= 0.6 is 46.4 Å². The number of benzene rings is 3. The SMILES string of the molecule is Clc1cc(Cl)c2c(c1)C1CC(c3ccccc3)=NN1C(c1ccc(Cl)c(Cl)c1)O2. The minimum absolute atomic E-state index is 0.0513. The summed E-state index contributed by atoms with van der Waals surface area (Å²) in [5.41, 5.74) is 3.82. The lowest BCUT2D eigenvalue weighted by Gasteiger charge is -2.38. The third-order valence-corrected chi connectivity index (χ3v) is 6.38. The fraction of sp³-hybridized carbons (Fsp3) is 0.136. The minimum atomic E-state index is -0.484. The third kappa shape index (κ3) is 3.36. The Bertz CT molecular complexity index is 1130. The summed E-state index contributed by atoms with van der Waals surface area (Å²) in [5, 5.41) is 8.86. The van der Waals surface area contributed by atoms with E-state index in [0.29, 0.717) is 25.8 Å². The van der Waals surface area contributed by atoms with Crippen LogP contribution in [0.4, 0.5) is 0 Å². The van der Waals surface area contributed by atoms with Crippen molar-refractivity contribution in [3.8, 4) is 5.75 Å². The molecule has 0 amide bonds. The third-order valence-electron chi connectivity index (χ3n) is 5.14. The van der Waals surface area contributed by atoms with Crippen molar-refractivity contribution in [2.45, 2.75) is 18.7 Å². The molecule has 2 aliphatic heterocycles. The van der Waals surface area contributed by atoms with Crippen molar-refractivity contribution in [1.29, 1.82) is 0 Å². The fourth-order valence-corrected chi connectivity index (χ4v) is 4.67. The summed E-state index contributed by atoms with van der Waals surface area (Å²) < 4.78 is 6.32. The molecule has 3 nitrogen and oxygen atoms in total. The van der Waals surface area contributed by atoms with Gasteiger partial charge in [-0.05, 0) is 29.8 Å². The highest BCUT2D eigenvalue weighted by Crippen LogP contribution is 2.51. The summed E-state index contributed by atoms with van der Waals surface area (Å²) in [4.78, 5) is 0. The highest BCUT2D eigenvalue weighted by molar-refractivity contribution is 6.42. The number of rotatable bonds is 2.